The fraction of sp³-hybridized carbons (Fsp3) is 0.500. The molecular formula is C6H11N5O2. The molecule has 0 aliphatic heterocycles. The van der Waals surface area contributed by atoms with Gasteiger partial charge in [0.05, 0.1) is 0 Å². The average molecular weight is 185 g/mol. The summed E-state index contributed by atoms with van der Waals surface area (Å²) in [5, 5.41) is 8.37. The second kappa shape index (κ2) is 4.41. The summed E-state index contributed by atoms with van der Waals surface area (Å²) in [5.74, 6) is 0.105. The van der Waals surface area contributed by atoms with E-state index in [1.165, 1.54) is 0 Å². The standard InChI is InChI=1S/C6H11N5O2/c7-2-1-3-8-4-5(12)9-6(13)11-10-4/h1-3,7H2,(H,8,10)(H2,9,11,12,13). The molecule has 72 valence electrons. The molecule has 7 nitrogen and oxygen atoms in total. The van der Waals surface area contributed by atoms with E-state index in [0.717, 1.165) is 6.42 Å². The minimum Gasteiger partial charge on any atom is -0.364 e. The van der Waals surface area contributed by atoms with Crippen molar-refractivity contribution in [1.29, 1.82) is 0 Å². The predicted molar refractivity (Wildman–Crippen MR) is 47.6 cm³/mol. The van der Waals surface area contributed by atoms with Crippen LogP contribution in [0.1, 0.15) is 6.42 Å². The Bertz CT molecular complexity index is 368. The molecule has 1 rings (SSSR count). The summed E-state index contributed by atoms with van der Waals surface area (Å²) < 4.78 is 0. The van der Waals surface area contributed by atoms with E-state index in [1.54, 1.807) is 0 Å². The fourth-order valence-electron chi connectivity index (χ4n) is 0.776. The van der Waals surface area contributed by atoms with Gasteiger partial charge in [-0.05, 0) is 13.0 Å². The van der Waals surface area contributed by atoms with Crippen LogP contribution < -0.4 is 22.3 Å². The van der Waals surface area contributed by atoms with E-state index in [9.17, 15) is 9.59 Å². The molecule has 0 aliphatic rings. The molecule has 7 heteroatoms. The van der Waals surface area contributed by atoms with Gasteiger partial charge in [-0.25, -0.2) is 9.89 Å². The van der Waals surface area contributed by atoms with Crippen LogP contribution in [0.3, 0.4) is 0 Å². The van der Waals surface area contributed by atoms with Gasteiger partial charge in [0.1, 0.15) is 0 Å². The number of nitrogens with zero attached hydrogens (tertiary/aromatic N) is 1. The van der Waals surface area contributed by atoms with Gasteiger partial charge >= 0.3 is 5.69 Å². The molecule has 0 fully saturated rings. The summed E-state index contributed by atoms with van der Waals surface area (Å²) in [7, 11) is 0. The quantitative estimate of drug-likeness (QED) is 0.414. The first-order valence-electron chi connectivity index (χ1n) is 3.87. The molecule has 0 saturated carbocycles. The summed E-state index contributed by atoms with van der Waals surface area (Å²) in [6.07, 6.45) is 0.736. The van der Waals surface area contributed by atoms with Crippen molar-refractivity contribution in [3.63, 3.8) is 0 Å². The van der Waals surface area contributed by atoms with E-state index < -0.39 is 11.2 Å². The monoisotopic (exact) mass is 185 g/mol. The Balaban J connectivity index is 2.67. The second-order valence-electron chi connectivity index (χ2n) is 2.42. The highest BCUT2D eigenvalue weighted by Gasteiger charge is 1.99. The largest absolute Gasteiger partial charge is 0.364 e. The maximum absolute atomic E-state index is 11.0. The number of nitrogens with two attached hydrogens (primary N) is 1. The number of H-pyrrole nitrogens is 2. The van der Waals surface area contributed by atoms with Crippen LogP contribution in [-0.4, -0.2) is 28.3 Å². The van der Waals surface area contributed by atoms with Crippen LogP contribution in [0.5, 0.6) is 0 Å². The minimum atomic E-state index is -0.616. The lowest BCUT2D eigenvalue weighted by Gasteiger charge is -2.00. The van der Waals surface area contributed by atoms with Gasteiger partial charge in [0.2, 0.25) is 5.82 Å². The van der Waals surface area contributed by atoms with Gasteiger partial charge in [0, 0.05) is 6.54 Å². The first-order chi connectivity index (χ1) is 6.24. The lowest BCUT2D eigenvalue weighted by Crippen LogP contribution is -2.27. The van der Waals surface area contributed by atoms with Crippen LogP contribution in [0.2, 0.25) is 0 Å². The maximum Gasteiger partial charge on any atom is 0.342 e. The highest BCUT2D eigenvalue weighted by Crippen LogP contribution is 1.85. The number of aromatic amines is 2. The Kier molecular flexibility index (Phi) is 3.21. The van der Waals surface area contributed by atoms with Crippen molar-refractivity contribution in [2.45, 2.75) is 6.42 Å². The van der Waals surface area contributed by atoms with E-state index in [4.69, 9.17) is 5.73 Å². The van der Waals surface area contributed by atoms with E-state index in [-0.39, 0.29) is 5.82 Å². The molecule has 13 heavy (non-hydrogen) atoms. The molecule has 0 unspecified atom stereocenters. The number of hydrogen-bond acceptors (Lipinski definition) is 5. The van der Waals surface area contributed by atoms with E-state index in [0.29, 0.717) is 13.1 Å². The smallest absolute Gasteiger partial charge is 0.342 e. The third kappa shape index (κ3) is 2.71. The lowest BCUT2D eigenvalue weighted by molar-refractivity contribution is 0.840. The zero-order chi connectivity index (χ0) is 9.68. The number of hydrogen-bond donors (Lipinski definition) is 4. The molecule has 0 spiro atoms. The first-order valence-corrected chi connectivity index (χ1v) is 3.87. The van der Waals surface area contributed by atoms with Crippen LogP contribution >= 0.6 is 0 Å². The zero-order valence-corrected chi connectivity index (χ0v) is 6.96. The molecule has 0 amide bonds. The van der Waals surface area contributed by atoms with Gasteiger partial charge in [-0.15, -0.1) is 5.10 Å². The van der Waals surface area contributed by atoms with Crippen LogP contribution in [0.4, 0.5) is 5.82 Å². The zero-order valence-electron chi connectivity index (χ0n) is 6.96. The average Bonchev–Trinajstić information content (AvgIpc) is 2.09. The molecule has 0 aliphatic carbocycles. The molecule has 1 aromatic heterocycles. The molecule has 5 N–H and O–H groups in total. The van der Waals surface area contributed by atoms with Crippen molar-refractivity contribution in [3.8, 4) is 0 Å². The first kappa shape index (κ1) is 9.46. The Labute approximate surface area is 73.4 Å². The third-order valence-corrected chi connectivity index (χ3v) is 1.38. The summed E-state index contributed by atoms with van der Waals surface area (Å²) in [6.45, 7) is 1.09. The molecule has 0 radical (unpaired) electrons. The van der Waals surface area contributed by atoms with Gasteiger partial charge < -0.3 is 11.1 Å². The summed E-state index contributed by atoms with van der Waals surface area (Å²) in [5.41, 5.74) is 4.11. The Morgan fingerprint density at radius 3 is 2.85 bits per heavy atom. The SMILES string of the molecule is NCCCNc1n[nH]c(=O)[nH]c1=O. The highest BCUT2D eigenvalue weighted by molar-refractivity contribution is 5.28. The van der Waals surface area contributed by atoms with Crippen molar-refractivity contribution < 1.29 is 0 Å². The van der Waals surface area contributed by atoms with Crippen molar-refractivity contribution in [1.82, 2.24) is 15.2 Å². The topological polar surface area (TPSA) is 117 Å². The van der Waals surface area contributed by atoms with Crippen LogP contribution in [0.25, 0.3) is 0 Å². The fourth-order valence-corrected chi connectivity index (χ4v) is 0.776. The molecular weight excluding hydrogens is 174 g/mol. The van der Waals surface area contributed by atoms with E-state index in [1.807, 2.05) is 4.98 Å². The van der Waals surface area contributed by atoms with Gasteiger partial charge in [-0.1, -0.05) is 0 Å². The number of aromatic nitrogens is 3. The van der Waals surface area contributed by atoms with Gasteiger partial charge in [0.25, 0.3) is 5.56 Å². The molecule has 0 atom stereocenters. The Hall–Kier alpha value is -1.63. The maximum atomic E-state index is 11.0. The van der Waals surface area contributed by atoms with Crippen LogP contribution in [0.15, 0.2) is 9.59 Å². The lowest BCUT2D eigenvalue weighted by atomic mass is 10.4. The minimum absolute atomic E-state index is 0.105. The molecule has 1 heterocycles. The summed E-state index contributed by atoms with van der Waals surface area (Å²) in [4.78, 5) is 23.6. The molecule has 0 bridgehead atoms. The van der Waals surface area contributed by atoms with Crippen molar-refractivity contribution in [2.75, 3.05) is 18.4 Å². The number of rotatable bonds is 4. The molecule has 0 saturated heterocycles. The molecule has 0 aromatic carbocycles. The number of nitrogens with one attached hydrogen (secondary N) is 3. The molecule has 1 aromatic rings. The van der Waals surface area contributed by atoms with Crippen molar-refractivity contribution >= 4 is 5.82 Å². The van der Waals surface area contributed by atoms with E-state index in [2.05, 4.69) is 15.5 Å². The Morgan fingerprint density at radius 1 is 1.46 bits per heavy atom. The second-order valence-corrected chi connectivity index (χ2v) is 2.42. The summed E-state index contributed by atoms with van der Waals surface area (Å²) >= 11 is 0. The van der Waals surface area contributed by atoms with E-state index >= 15 is 0 Å². The van der Waals surface area contributed by atoms with Gasteiger partial charge in [-0.2, -0.15) is 0 Å². The predicted octanol–water partition coefficient (Wildman–Crippen LogP) is -1.78. The Morgan fingerprint density at radius 2 is 2.23 bits per heavy atom. The summed E-state index contributed by atoms with van der Waals surface area (Å²) in [6, 6.07) is 0. The number of anilines is 1. The van der Waals surface area contributed by atoms with Crippen LogP contribution in [0, 0.1) is 0 Å². The third-order valence-electron chi connectivity index (χ3n) is 1.38. The normalized spacial score (nSPS) is 9.92. The highest BCUT2D eigenvalue weighted by atomic mass is 16.2. The van der Waals surface area contributed by atoms with Gasteiger partial charge in [0.15, 0.2) is 0 Å². The van der Waals surface area contributed by atoms with Crippen molar-refractivity contribution in [2.24, 2.45) is 5.73 Å². The van der Waals surface area contributed by atoms with Crippen molar-refractivity contribution in [3.05, 3.63) is 20.8 Å². The van der Waals surface area contributed by atoms with Gasteiger partial charge in [-0.3, -0.25) is 9.78 Å². The van der Waals surface area contributed by atoms with Crippen LogP contribution in [-0.2, 0) is 0 Å².